The lowest BCUT2D eigenvalue weighted by molar-refractivity contribution is -0.132. The van der Waals surface area contributed by atoms with E-state index in [1.807, 2.05) is 12.1 Å². The molecular formula is C24H27N3O7. The van der Waals surface area contributed by atoms with E-state index in [4.69, 9.17) is 18.6 Å². The van der Waals surface area contributed by atoms with Crippen molar-refractivity contribution in [2.45, 2.75) is 39.3 Å². The molecule has 180 valence electrons. The molecule has 0 spiro atoms. The van der Waals surface area contributed by atoms with Crippen LogP contribution in [0.25, 0.3) is 11.1 Å². The van der Waals surface area contributed by atoms with Gasteiger partial charge in [0, 0.05) is 12.1 Å². The Labute approximate surface area is 196 Å². The van der Waals surface area contributed by atoms with Crippen LogP contribution in [-0.4, -0.2) is 53.7 Å². The molecule has 1 fully saturated rings. The zero-order chi connectivity index (χ0) is 24.4. The summed E-state index contributed by atoms with van der Waals surface area (Å²) in [5, 5.41) is 0.0127. The summed E-state index contributed by atoms with van der Waals surface area (Å²) in [6.45, 7) is 3.72. The summed E-state index contributed by atoms with van der Waals surface area (Å²) in [6, 6.07) is 5.28. The fourth-order valence-corrected chi connectivity index (χ4v) is 4.42. The second-order valence-electron chi connectivity index (χ2n) is 7.96. The number of rotatable bonds is 7. The summed E-state index contributed by atoms with van der Waals surface area (Å²) in [7, 11) is 3.17. The molecule has 1 aliphatic heterocycles. The highest BCUT2D eigenvalue weighted by molar-refractivity contribution is 6.03. The Morgan fingerprint density at radius 3 is 2.74 bits per heavy atom. The molecule has 2 aromatic heterocycles. The number of likely N-dealkylation sites (tertiary alicyclic amines) is 1. The first-order valence-electron chi connectivity index (χ1n) is 11.1. The van der Waals surface area contributed by atoms with Crippen LogP contribution in [0.5, 0.6) is 11.5 Å². The molecule has 1 amide bonds. The molecule has 0 bridgehead atoms. The van der Waals surface area contributed by atoms with E-state index in [1.165, 1.54) is 10.9 Å². The van der Waals surface area contributed by atoms with Crippen molar-refractivity contribution in [2.75, 3.05) is 27.4 Å². The summed E-state index contributed by atoms with van der Waals surface area (Å²) >= 11 is 0. The Kier molecular flexibility index (Phi) is 6.58. The van der Waals surface area contributed by atoms with Crippen molar-refractivity contribution in [2.24, 2.45) is 0 Å². The van der Waals surface area contributed by atoms with Crippen LogP contribution in [0.2, 0.25) is 0 Å². The number of aromatic nitrogens is 2. The van der Waals surface area contributed by atoms with Gasteiger partial charge in [0.2, 0.25) is 11.6 Å². The molecule has 0 saturated carbocycles. The van der Waals surface area contributed by atoms with Crippen LogP contribution in [-0.2, 0) is 16.1 Å². The summed E-state index contributed by atoms with van der Waals surface area (Å²) < 4.78 is 22.6. The highest BCUT2D eigenvalue weighted by Gasteiger charge is 2.33. The molecule has 1 atom stereocenters. The standard InChI is InChI=1S/C24H27N3O7/c1-5-33-24(30)20-14(2)34-22-21(20)23(29)26(13-25-22)12-19(28)27-10-6-7-17(27)16-11-15(31-3)8-9-18(16)32-4/h8-9,11,13,17H,5-7,10,12H2,1-4H3/t17-/m0/s1. The van der Waals surface area contributed by atoms with E-state index in [1.54, 1.807) is 39.0 Å². The minimum atomic E-state index is -0.661. The van der Waals surface area contributed by atoms with Gasteiger partial charge in [-0.25, -0.2) is 9.78 Å². The maximum atomic E-state index is 13.3. The summed E-state index contributed by atoms with van der Waals surface area (Å²) in [4.78, 5) is 44.8. The van der Waals surface area contributed by atoms with Crippen molar-refractivity contribution >= 4 is 23.0 Å². The van der Waals surface area contributed by atoms with Crippen LogP contribution in [0.15, 0.2) is 33.7 Å². The number of fused-ring (bicyclic) bond motifs is 1. The van der Waals surface area contributed by atoms with Gasteiger partial charge in [-0.05, 0) is 44.9 Å². The van der Waals surface area contributed by atoms with E-state index in [0.29, 0.717) is 18.0 Å². The van der Waals surface area contributed by atoms with Gasteiger partial charge in [0.05, 0.1) is 26.9 Å². The molecule has 1 saturated heterocycles. The van der Waals surface area contributed by atoms with Crippen molar-refractivity contribution in [3.63, 3.8) is 0 Å². The quantitative estimate of drug-likeness (QED) is 0.486. The maximum absolute atomic E-state index is 13.3. The Bertz CT molecular complexity index is 1290. The number of hydrogen-bond acceptors (Lipinski definition) is 8. The molecule has 0 radical (unpaired) electrons. The number of hydrogen-bond donors (Lipinski definition) is 0. The third kappa shape index (κ3) is 4.11. The lowest BCUT2D eigenvalue weighted by Crippen LogP contribution is -2.36. The van der Waals surface area contributed by atoms with E-state index in [-0.39, 0.29) is 47.5 Å². The molecule has 10 heteroatoms. The second-order valence-corrected chi connectivity index (χ2v) is 7.96. The Morgan fingerprint density at radius 2 is 2.03 bits per heavy atom. The van der Waals surface area contributed by atoms with Gasteiger partial charge >= 0.3 is 5.97 Å². The minimum Gasteiger partial charge on any atom is -0.497 e. The zero-order valence-electron chi connectivity index (χ0n) is 19.6. The van der Waals surface area contributed by atoms with Crippen molar-refractivity contribution in [3.05, 3.63) is 51.8 Å². The summed E-state index contributed by atoms with van der Waals surface area (Å²) in [5.41, 5.74) is 0.391. The molecule has 3 heterocycles. The molecular weight excluding hydrogens is 442 g/mol. The zero-order valence-corrected chi connectivity index (χ0v) is 19.6. The van der Waals surface area contributed by atoms with Crippen LogP contribution in [0.1, 0.15) is 47.5 Å². The van der Waals surface area contributed by atoms with Crippen molar-refractivity contribution in [1.29, 1.82) is 0 Å². The fourth-order valence-electron chi connectivity index (χ4n) is 4.42. The monoisotopic (exact) mass is 469 g/mol. The van der Waals surface area contributed by atoms with Gasteiger partial charge in [-0.2, -0.15) is 0 Å². The molecule has 0 N–H and O–H groups in total. The summed E-state index contributed by atoms with van der Waals surface area (Å²) in [6.07, 6.45) is 2.84. The number of carbonyl (C=O) groups excluding carboxylic acids is 2. The average Bonchev–Trinajstić information content (AvgIpc) is 3.45. The molecule has 34 heavy (non-hydrogen) atoms. The van der Waals surface area contributed by atoms with Gasteiger partial charge < -0.3 is 23.5 Å². The normalized spacial score (nSPS) is 15.5. The van der Waals surface area contributed by atoms with E-state index in [2.05, 4.69) is 4.98 Å². The minimum absolute atomic E-state index is 0.0127. The first-order chi connectivity index (χ1) is 16.4. The number of amides is 1. The molecule has 3 aromatic rings. The van der Waals surface area contributed by atoms with E-state index in [9.17, 15) is 14.4 Å². The van der Waals surface area contributed by atoms with Gasteiger partial charge in [0.1, 0.15) is 41.1 Å². The van der Waals surface area contributed by atoms with E-state index in [0.717, 1.165) is 18.4 Å². The van der Waals surface area contributed by atoms with Crippen molar-refractivity contribution < 1.29 is 28.2 Å². The predicted molar refractivity (Wildman–Crippen MR) is 122 cm³/mol. The van der Waals surface area contributed by atoms with Gasteiger partial charge in [0.25, 0.3) is 5.56 Å². The number of methoxy groups -OCH3 is 2. The molecule has 1 aliphatic rings. The van der Waals surface area contributed by atoms with Gasteiger partial charge in [-0.15, -0.1) is 0 Å². The number of ether oxygens (including phenoxy) is 3. The highest BCUT2D eigenvalue weighted by Crippen LogP contribution is 2.39. The second kappa shape index (κ2) is 9.58. The largest absolute Gasteiger partial charge is 0.497 e. The number of esters is 1. The average molecular weight is 469 g/mol. The van der Waals surface area contributed by atoms with Crippen LogP contribution < -0.4 is 15.0 Å². The Hall–Kier alpha value is -3.82. The number of aryl methyl sites for hydroxylation is 1. The third-order valence-electron chi connectivity index (χ3n) is 6.01. The van der Waals surface area contributed by atoms with Crippen molar-refractivity contribution in [1.82, 2.24) is 14.5 Å². The topological polar surface area (TPSA) is 113 Å². The lowest BCUT2D eigenvalue weighted by Gasteiger charge is -2.27. The molecule has 1 aromatic carbocycles. The van der Waals surface area contributed by atoms with Crippen LogP contribution >= 0.6 is 0 Å². The molecule has 0 unspecified atom stereocenters. The lowest BCUT2D eigenvalue weighted by atomic mass is 10.0. The molecule has 10 nitrogen and oxygen atoms in total. The SMILES string of the molecule is CCOC(=O)c1c(C)oc2ncn(CC(=O)N3CCC[C@H]3c3cc(OC)ccc3OC)c(=O)c12. The number of nitrogens with zero attached hydrogens (tertiary/aromatic N) is 3. The number of benzene rings is 1. The summed E-state index contributed by atoms with van der Waals surface area (Å²) in [5.74, 6) is 0.674. The number of carbonyl (C=O) groups is 2. The third-order valence-corrected chi connectivity index (χ3v) is 6.01. The Morgan fingerprint density at radius 1 is 1.24 bits per heavy atom. The van der Waals surface area contributed by atoms with E-state index >= 15 is 0 Å². The smallest absolute Gasteiger partial charge is 0.342 e. The van der Waals surface area contributed by atoms with Crippen molar-refractivity contribution in [3.8, 4) is 11.5 Å². The maximum Gasteiger partial charge on any atom is 0.342 e. The van der Waals surface area contributed by atoms with Gasteiger partial charge in [-0.1, -0.05) is 0 Å². The first kappa shape index (κ1) is 23.3. The van der Waals surface area contributed by atoms with Crippen LogP contribution in [0.4, 0.5) is 0 Å². The Balaban J connectivity index is 1.66. The first-order valence-corrected chi connectivity index (χ1v) is 11.1. The number of furan rings is 1. The molecule has 0 aliphatic carbocycles. The van der Waals surface area contributed by atoms with E-state index < -0.39 is 11.5 Å². The molecule has 4 rings (SSSR count). The van der Waals surface area contributed by atoms with Crippen LogP contribution in [0.3, 0.4) is 0 Å². The van der Waals surface area contributed by atoms with Crippen LogP contribution in [0, 0.1) is 6.92 Å². The van der Waals surface area contributed by atoms with Gasteiger partial charge in [-0.3, -0.25) is 14.2 Å². The van der Waals surface area contributed by atoms with Gasteiger partial charge in [0.15, 0.2) is 0 Å². The highest BCUT2D eigenvalue weighted by atomic mass is 16.5. The predicted octanol–water partition coefficient (Wildman–Crippen LogP) is 2.86. The fraction of sp³-hybridized carbons (Fsp3) is 0.417.